The summed E-state index contributed by atoms with van der Waals surface area (Å²) < 4.78 is 11.8. The average molecular weight is 507 g/mol. The summed E-state index contributed by atoms with van der Waals surface area (Å²) in [6.45, 7) is 2.93. The van der Waals surface area contributed by atoms with Gasteiger partial charge in [-0.2, -0.15) is 4.57 Å². The van der Waals surface area contributed by atoms with Gasteiger partial charge in [-0.05, 0) is 62.4 Å². The lowest BCUT2D eigenvalue weighted by atomic mass is 10.0. The number of carbonyl (C=O) groups is 2. The van der Waals surface area contributed by atoms with Crippen LogP contribution in [0.25, 0.3) is 5.69 Å². The van der Waals surface area contributed by atoms with Crippen molar-refractivity contribution in [3.05, 3.63) is 79.6 Å². The van der Waals surface area contributed by atoms with Crippen LogP contribution >= 0.6 is 23.2 Å². The van der Waals surface area contributed by atoms with Crippen LogP contribution in [0.5, 0.6) is 0 Å². The first-order valence-corrected chi connectivity index (χ1v) is 10.9. The van der Waals surface area contributed by atoms with E-state index in [2.05, 4.69) is 0 Å². The molecular formula is C22H20Cl2N4O6. The van der Waals surface area contributed by atoms with Crippen molar-refractivity contribution in [2.75, 3.05) is 18.6 Å². The van der Waals surface area contributed by atoms with E-state index < -0.39 is 35.2 Å². The highest BCUT2D eigenvalue weighted by Crippen LogP contribution is 2.42. The largest absolute Gasteiger partial charge is 0.468 e. The molecular weight excluding hydrogens is 487 g/mol. The number of hydrogen-bond acceptors (Lipinski definition) is 6. The molecule has 12 heteroatoms. The van der Waals surface area contributed by atoms with Gasteiger partial charge in [0.1, 0.15) is 6.54 Å². The summed E-state index contributed by atoms with van der Waals surface area (Å²) >= 11 is 11.9. The Bertz CT molecular complexity index is 1360. The second-order valence-corrected chi connectivity index (χ2v) is 8.97. The second-order valence-electron chi connectivity index (χ2n) is 8.10. The van der Waals surface area contributed by atoms with Crippen molar-refractivity contribution in [1.29, 1.82) is 0 Å². The molecule has 1 atom stereocenters. The maximum atomic E-state index is 13.5. The maximum Gasteiger partial charge on any atom is 0.447 e. The molecule has 1 aromatic heterocycles. The monoisotopic (exact) mass is 506 g/mol. The summed E-state index contributed by atoms with van der Waals surface area (Å²) in [4.78, 5) is 54.2. The number of esters is 1. The molecule has 34 heavy (non-hydrogen) atoms. The zero-order valence-corrected chi connectivity index (χ0v) is 19.9. The zero-order valence-electron chi connectivity index (χ0n) is 18.4. The number of benzene rings is 2. The average Bonchev–Trinajstić information content (AvgIpc) is 3.19. The van der Waals surface area contributed by atoms with Crippen molar-refractivity contribution in [1.82, 2.24) is 14.2 Å². The molecule has 0 spiro atoms. The highest BCUT2D eigenvalue weighted by atomic mass is 35.5. The van der Waals surface area contributed by atoms with E-state index in [1.165, 1.54) is 41.2 Å². The molecule has 4 rings (SSSR count). The molecule has 178 valence electrons. The van der Waals surface area contributed by atoms with Crippen LogP contribution in [0, 0.1) is 0 Å². The Labute approximate surface area is 203 Å². The Balaban J connectivity index is 1.90. The summed E-state index contributed by atoms with van der Waals surface area (Å²) in [5.41, 5.74) is -1.36. The molecule has 10 nitrogen and oxygen atoms in total. The third kappa shape index (κ3) is 3.88. The molecule has 1 saturated heterocycles. The van der Waals surface area contributed by atoms with Crippen LogP contribution in [-0.4, -0.2) is 45.4 Å². The molecule has 0 bridgehead atoms. The first-order chi connectivity index (χ1) is 16.1. The van der Waals surface area contributed by atoms with Gasteiger partial charge in [-0.15, -0.1) is 4.74 Å². The third-order valence-corrected chi connectivity index (χ3v) is 6.18. The normalized spacial score (nSPS) is 17.3. The van der Waals surface area contributed by atoms with Gasteiger partial charge in [-0.25, -0.2) is 14.4 Å². The van der Waals surface area contributed by atoms with Gasteiger partial charge in [0.15, 0.2) is 6.17 Å². The number of hydrogen-bond donors (Lipinski definition) is 0. The van der Waals surface area contributed by atoms with Gasteiger partial charge in [0.2, 0.25) is 0 Å². The molecule has 0 unspecified atom stereocenters. The summed E-state index contributed by atoms with van der Waals surface area (Å²) in [7, 11) is 1.21. The molecule has 2 aromatic carbocycles. The Morgan fingerprint density at radius 1 is 0.971 bits per heavy atom. The minimum Gasteiger partial charge on any atom is -0.468 e. The number of rotatable bonds is 5. The predicted molar refractivity (Wildman–Crippen MR) is 125 cm³/mol. The third-order valence-electron chi connectivity index (χ3n) is 5.67. The number of halogens is 2. The number of nitrogens with zero attached hydrogens (tertiary/aromatic N) is 4. The fraction of sp³-hybridized carbons (Fsp3) is 0.273. The van der Waals surface area contributed by atoms with Gasteiger partial charge < -0.3 is 14.2 Å². The smallest absolute Gasteiger partial charge is 0.447 e. The number of aromatic nitrogens is 2. The van der Waals surface area contributed by atoms with Crippen molar-refractivity contribution < 1.29 is 18.8 Å². The van der Waals surface area contributed by atoms with E-state index in [4.69, 9.17) is 32.5 Å². The minimum absolute atomic E-state index is 0.244. The Morgan fingerprint density at radius 2 is 1.50 bits per heavy atom. The van der Waals surface area contributed by atoms with E-state index in [0.29, 0.717) is 15.7 Å². The van der Waals surface area contributed by atoms with E-state index in [-0.39, 0.29) is 12.2 Å². The number of carbonyl (C=O) groups excluding carboxylic acids is 2. The molecule has 1 aliphatic heterocycles. The van der Waals surface area contributed by atoms with Gasteiger partial charge in [0.05, 0.1) is 18.3 Å². The van der Waals surface area contributed by atoms with Gasteiger partial charge >= 0.3 is 23.4 Å². The Kier molecular flexibility index (Phi) is 6.05. The first-order valence-electron chi connectivity index (χ1n) is 10.1. The first kappa shape index (κ1) is 23.7. The predicted octanol–water partition coefficient (Wildman–Crippen LogP) is 3.29. The van der Waals surface area contributed by atoms with Crippen molar-refractivity contribution in [2.24, 2.45) is 0 Å². The molecule has 3 aromatic rings. The number of amides is 2. The summed E-state index contributed by atoms with van der Waals surface area (Å²) in [6, 6.07) is 11.8. The second kappa shape index (κ2) is 8.69. The van der Waals surface area contributed by atoms with Gasteiger partial charge in [0.25, 0.3) is 0 Å². The van der Waals surface area contributed by atoms with Crippen LogP contribution in [0.15, 0.2) is 62.6 Å². The van der Waals surface area contributed by atoms with Crippen LogP contribution in [0.4, 0.5) is 10.5 Å². The summed E-state index contributed by atoms with van der Waals surface area (Å²) in [5, 5.41) is 0.866. The lowest BCUT2D eigenvalue weighted by Gasteiger charge is -2.33. The van der Waals surface area contributed by atoms with Crippen LogP contribution in [0.3, 0.4) is 0 Å². The topological polar surface area (TPSA) is 107 Å². The lowest BCUT2D eigenvalue weighted by molar-refractivity contribution is -0.142. The van der Waals surface area contributed by atoms with Crippen molar-refractivity contribution in [3.8, 4) is 5.69 Å². The van der Waals surface area contributed by atoms with E-state index >= 15 is 0 Å². The van der Waals surface area contributed by atoms with Crippen LogP contribution < -0.4 is 16.3 Å². The number of anilines is 1. The van der Waals surface area contributed by atoms with E-state index in [0.717, 1.165) is 9.31 Å². The van der Waals surface area contributed by atoms with E-state index in [1.54, 1.807) is 38.1 Å². The molecule has 0 aliphatic carbocycles. The van der Waals surface area contributed by atoms with Crippen molar-refractivity contribution >= 4 is 40.9 Å². The number of methoxy groups -OCH3 is 1. The van der Waals surface area contributed by atoms with E-state index in [1.807, 2.05) is 0 Å². The van der Waals surface area contributed by atoms with Gasteiger partial charge in [-0.1, -0.05) is 23.2 Å². The molecule has 0 N–H and O–H groups in total. The van der Waals surface area contributed by atoms with Crippen molar-refractivity contribution in [3.63, 3.8) is 0 Å². The maximum absolute atomic E-state index is 13.5. The highest BCUT2D eigenvalue weighted by molar-refractivity contribution is 6.30. The number of urea groups is 1. The zero-order chi connectivity index (χ0) is 24.8. The van der Waals surface area contributed by atoms with Crippen molar-refractivity contribution in [2.45, 2.75) is 25.6 Å². The SMILES string of the molecule is COC(=O)CN1C(=O)N(c2ccc(Cl)cc2)[C@H](n2oc(=O)n(-c3ccc(Cl)cc3)c2=O)C1(C)C. The Hall–Kier alpha value is -3.50. The molecule has 0 radical (unpaired) electrons. The van der Waals surface area contributed by atoms with Crippen LogP contribution in [-0.2, 0) is 9.53 Å². The number of ether oxygens (including phenoxy) is 1. The Morgan fingerprint density at radius 3 is 2.03 bits per heavy atom. The molecule has 1 fully saturated rings. The fourth-order valence-electron chi connectivity index (χ4n) is 3.95. The van der Waals surface area contributed by atoms with Crippen LogP contribution in [0.1, 0.15) is 20.0 Å². The molecule has 2 heterocycles. The van der Waals surface area contributed by atoms with Gasteiger partial charge in [0, 0.05) is 15.7 Å². The highest BCUT2D eigenvalue weighted by Gasteiger charge is 2.55. The fourth-order valence-corrected chi connectivity index (χ4v) is 4.20. The molecule has 2 amide bonds. The summed E-state index contributed by atoms with van der Waals surface area (Å²) in [6.07, 6.45) is -1.13. The summed E-state index contributed by atoms with van der Waals surface area (Å²) in [5.74, 6) is -1.59. The minimum atomic E-state index is -1.18. The molecule has 0 saturated carbocycles. The quantitative estimate of drug-likeness (QED) is 0.491. The lowest BCUT2D eigenvalue weighted by Crippen LogP contribution is -2.48. The standard InChI is InChI=1S/C22H20Cl2N4O6/c1-22(2)18(28-20(31)27(21(32)34-28)16-10-6-14(24)7-11-16)26(15-8-4-13(23)5-9-15)19(30)25(22)12-17(29)33-3/h4-11,18H,12H2,1-3H3/t18-/m1/s1. The van der Waals surface area contributed by atoms with Gasteiger partial charge in [-0.3, -0.25) is 9.69 Å². The molecule has 1 aliphatic rings. The van der Waals surface area contributed by atoms with E-state index in [9.17, 15) is 19.2 Å². The van der Waals surface area contributed by atoms with Crippen LogP contribution in [0.2, 0.25) is 10.0 Å².